The maximum atomic E-state index is 12.1. The van der Waals surface area contributed by atoms with E-state index in [4.69, 9.17) is 10.1 Å². The van der Waals surface area contributed by atoms with Crippen molar-refractivity contribution in [2.75, 3.05) is 0 Å². The molecule has 0 unspecified atom stereocenters. The number of ether oxygens (including phenoxy) is 1. The van der Waals surface area contributed by atoms with E-state index in [0.29, 0.717) is 22.6 Å². The topological polar surface area (TPSA) is 55.1 Å². The lowest BCUT2D eigenvalue weighted by molar-refractivity contribution is -0.156. The summed E-state index contributed by atoms with van der Waals surface area (Å²) >= 11 is 1.32. The quantitative estimate of drug-likeness (QED) is 0.868. The van der Waals surface area contributed by atoms with E-state index in [-0.39, 0.29) is 18.6 Å². The first-order chi connectivity index (χ1) is 9.47. The average Bonchev–Trinajstić information content (AvgIpc) is 2.74. The molecule has 1 aliphatic carbocycles. The fraction of sp³-hybridized carbons (Fsp3) is 0.733. The number of hydrogen-bond donors (Lipinski definition) is 1. The second-order valence-corrected chi connectivity index (χ2v) is 7.09. The number of esters is 1. The Labute approximate surface area is 124 Å². The van der Waals surface area contributed by atoms with Crippen LogP contribution < -0.4 is 4.80 Å². The number of carbonyl (C=O) groups excluding carboxylic acids is 1. The second kappa shape index (κ2) is 6.57. The highest BCUT2D eigenvalue weighted by Gasteiger charge is 2.33. The highest BCUT2D eigenvalue weighted by atomic mass is 32.1. The molecule has 0 bridgehead atoms. The molecular weight excluding hydrogens is 272 g/mol. The van der Waals surface area contributed by atoms with Gasteiger partial charge in [-0.25, -0.2) is 0 Å². The molecule has 0 aliphatic heterocycles. The SMILES string of the molecule is CC(C)[C@@H]1CC[C@@H](C)C[C@@H]1OC(=O)Cn1ccsc1=N. The van der Waals surface area contributed by atoms with Crippen molar-refractivity contribution in [2.45, 2.75) is 52.7 Å². The van der Waals surface area contributed by atoms with Crippen LogP contribution in [0.25, 0.3) is 0 Å². The van der Waals surface area contributed by atoms with Crippen molar-refractivity contribution in [3.63, 3.8) is 0 Å². The van der Waals surface area contributed by atoms with Crippen molar-refractivity contribution in [1.29, 1.82) is 5.41 Å². The number of rotatable bonds is 4. The van der Waals surface area contributed by atoms with Crippen LogP contribution >= 0.6 is 11.3 Å². The van der Waals surface area contributed by atoms with Gasteiger partial charge in [-0.05, 0) is 30.6 Å². The lowest BCUT2D eigenvalue weighted by Crippen LogP contribution is -2.37. The third-order valence-electron chi connectivity index (χ3n) is 4.22. The summed E-state index contributed by atoms with van der Waals surface area (Å²) in [5, 5.41) is 9.49. The highest BCUT2D eigenvalue weighted by molar-refractivity contribution is 7.06. The Morgan fingerprint density at radius 1 is 1.55 bits per heavy atom. The van der Waals surface area contributed by atoms with Crippen LogP contribution in [0, 0.1) is 23.2 Å². The van der Waals surface area contributed by atoms with Crippen molar-refractivity contribution >= 4 is 17.3 Å². The van der Waals surface area contributed by atoms with Gasteiger partial charge in [0.1, 0.15) is 12.6 Å². The average molecular weight is 296 g/mol. The summed E-state index contributed by atoms with van der Waals surface area (Å²) in [6.07, 6.45) is 5.15. The van der Waals surface area contributed by atoms with Crippen LogP contribution in [0.5, 0.6) is 0 Å². The van der Waals surface area contributed by atoms with Gasteiger partial charge in [0, 0.05) is 11.6 Å². The van der Waals surface area contributed by atoms with Crippen LogP contribution in [-0.2, 0) is 16.1 Å². The van der Waals surface area contributed by atoms with E-state index >= 15 is 0 Å². The van der Waals surface area contributed by atoms with Crippen molar-refractivity contribution in [2.24, 2.45) is 17.8 Å². The first-order valence-electron chi connectivity index (χ1n) is 7.35. The Balaban J connectivity index is 1.97. The number of nitrogens with zero attached hydrogens (tertiary/aromatic N) is 1. The minimum absolute atomic E-state index is 0.0414. The van der Waals surface area contributed by atoms with Crippen molar-refractivity contribution < 1.29 is 9.53 Å². The molecule has 0 amide bonds. The molecule has 1 aliphatic rings. The van der Waals surface area contributed by atoms with Gasteiger partial charge in [0.15, 0.2) is 4.80 Å². The van der Waals surface area contributed by atoms with Gasteiger partial charge in [-0.3, -0.25) is 10.2 Å². The largest absolute Gasteiger partial charge is 0.461 e. The third-order valence-corrected chi connectivity index (χ3v) is 4.94. The summed E-state index contributed by atoms with van der Waals surface area (Å²) < 4.78 is 7.35. The molecule has 2 rings (SSSR count). The second-order valence-electron chi connectivity index (χ2n) is 6.19. The fourth-order valence-corrected chi connectivity index (χ4v) is 3.62. The van der Waals surface area contributed by atoms with Crippen molar-refractivity contribution in [3.8, 4) is 0 Å². The van der Waals surface area contributed by atoms with Gasteiger partial charge in [-0.2, -0.15) is 0 Å². The molecule has 5 heteroatoms. The molecule has 4 nitrogen and oxygen atoms in total. The molecule has 1 aromatic rings. The number of hydrogen-bond acceptors (Lipinski definition) is 4. The molecule has 3 atom stereocenters. The molecular formula is C15H24N2O2S. The van der Waals surface area contributed by atoms with Gasteiger partial charge < -0.3 is 9.30 Å². The minimum Gasteiger partial charge on any atom is -0.461 e. The molecule has 1 heterocycles. The van der Waals surface area contributed by atoms with Crippen LogP contribution in [0.1, 0.15) is 40.0 Å². The summed E-state index contributed by atoms with van der Waals surface area (Å²) in [4.78, 5) is 12.5. The number of thiazole rings is 1. The van der Waals surface area contributed by atoms with E-state index in [1.807, 2.05) is 5.38 Å². The van der Waals surface area contributed by atoms with E-state index in [0.717, 1.165) is 12.8 Å². The summed E-state index contributed by atoms with van der Waals surface area (Å²) in [5.41, 5.74) is 0. The zero-order valence-electron chi connectivity index (χ0n) is 12.5. The van der Waals surface area contributed by atoms with Gasteiger partial charge in [-0.1, -0.05) is 27.2 Å². The molecule has 1 saturated carbocycles. The molecule has 0 aromatic carbocycles. The van der Waals surface area contributed by atoms with E-state index in [1.54, 1.807) is 10.8 Å². The molecule has 20 heavy (non-hydrogen) atoms. The van der Waals surface area contributed by atoms with Crippen LogP contribution in [0.2, 0.25) is 0 Å². The zero-order valence-corrected chi connectivity index (χ0v) is 13.3. The first kappa shape index (κ1) is 15.3. The standard InChI is InChI=1S/C15H24N2O2S/c1-10(2)12-5-4-11(3)8-13(12)19-14(18)9-17-6-7-20-15(17)16/h6-7,10-13,16H,4-5,8-9H2,1-3H3/t11-,12+,13+/m1/s1. The molecule has 0 spiro atoms. The normalized spacial score (nSPS) is 26.7. The number of carbonyl (C=O) groups is 1. The fourth-order valence-electron chi connectivity index (χ4n) is 3.02. The highest BCUT2D eigenvalue weighted by Crippen LogP contribution is 2.35. The molecule has 1 N–H and O–H groups in total. The number of aromatic nitrogens is 1. The summed E-state index contributed by atoms with van der Waals surface area (Å²) in [6.45, 7) is 6.79. The van der Waals surface area contributed by atoms with Gasteiger partial charge in [0.25, 0.3) is 0 Å². The monoisotopic (exact) mass is 296 g/mol. The van der Waals surface area contributed by atoms with E-state index in [1.165, 1.54) is 17.8 Å². The van der Waals surface area contributed by atoms with Crippen molar-refractivity contribution in [1.82, 2.24) is 4.57 Å². The van der Waals surface area contributed by atoms with Gasteiger partial charge >= 0.3 is 5.97 Å². The van der Waals surface area contributed by atoms with E-state index in [9.17, 15) is 4.79 Å². The van der Waals surface area contributed by atoms with Crippen LogP contribution in [0.15, 0.2) is 11.6 Å². The van der Waals surface area contributed by atoms with E-state index < -0.39 is 0 Å². The van der Waals surface area contributed by atoms with Gasteiger partial charge in [0.05, 0.1) is 0 Å². The maximum absolute atomic E-state index is 12.1. The Bertz CT molecular complexity index is 506. The van der Waals surface area contributed by atoms with E-state index in [2.05, 4.69) is 20.8 Å². The summed E-state index contributed by atoms with van der Waals surface area (Å²) in [5.74, 6) is 1.42. The third kappa shape index (κ3) is 3.72. The Morgan fingerprint density at radius 2 is 2.30 bits per heavy atom. The Hall–Kier alpha value is -1.10. The molecule has 1 aromatic heterocycles. The number of nitrogens with one attached hydrogen (secondary N) is 1. The first-order valence-corrected chi connectivity index (χ1v) is 8.23. The lowest BCUT2D eigenvalue weighted by atomic mass is 9.75. The van der Waals surface area contributed by atoms with Gasteiger partial charge in [-0.15, -0.1) is 11.3 Å². The molecule has 0 saturated heterocycles. The molecule has 112 valence electrons. The van der Waals surface area contributed by atoms with Crippen molar-refractivity contribution in [3.05, 3.63) is 16.4 Å². The van der Waals surface area contributed by atoms with Crippen LogP contribution in [0.4, 0.5) is 0 Å². The zero-order chi connectivity index (χ0) is 14.7. The summed E-state index contributed by atoms with van der Waals surface area (Å²) in [7, 11) is 0. The maximum Gasteiger partial charge on any atom is 0.326 e. The predicted molar refractivity (Wildman–Crippen MR) is 79.4 cm³/mol. The predicted octanol–water partition coefficient (Wildman–Crippen LogP) is 3.03. The molecule has 0 radical (unpaired) electrons. The Kier molecular flexibility index (Phi) is 5.02. The minimum atomic E-state index is -0.216. The smallest absolute Gasteiger partial charge is 0.326 e. The van der Waals surface area contributed by atoms with Crippen LogP contribution in [0.3, 0.4) is 0 Å². The van der Waals surface area contributed by atoms with Gasteiger partial charge in [0.2, 0.25) is 0 Å². The summed E-state index contributed by atoms with van der Waals surface area (Å²) in [6, 6.07) is 0. The Morgan fingerprint density at radius 3 is 2.90 bits per heavy atom. The molecule has 1 fully saturated rings. The van der Waals surface area contributed by atoms with Crippen LogP contribution in [-0.4, -0.2) is 16.6 Å². The lowest BCUT2D eigenvalue weighted by Gasteiger charge is -2.36.